The van der Waals surface area contributed by atoms with Gasteiger partial charge in [-0.25, -0.2) is 0 Å². The molecule has 3 N–H and O–H groups in total. The van der Waals surface area contributed by atoms with Crippen LogP contribution in [0, 0.1) is 0 Å². The molecule has 1 atom stereocenters. The summed E-state index contributed by atoms with van der Waals surface area (Å²) in [5.41, 5.74) is 5.64. The Hall–Kier alpha value is -0.770. The van der Waals surface area contributed by atoms with Crippen LogP contribution < -0.4 is 11.1 Å². The summed E-state index contributed by atoms with van der Waals surface area (Å²) < 4.78 is 0. The average molecular weight is 186 g/mol. The Balaban J connectivity index is 3.82. The van der Waals surface area contributed by atoms with Crippen LogP contribution in [-0.4, -0.2) is 43.6 Å². The quantitative estimate of drug-likeness (QED) is 0.489. The maximum absolute atomic E-state index is 5.64. The van der Waals surface area contributed by atoms with Crippen LogP contribution in [0.25, 0.3) is 0 Å². The second-order valence-electron chi connectivity index (χ2n) is 3.84. The Bertz CT molecular complexity index is 163. The molecule has 0 spiro atoms. The molecular weight excluding hydrogens is 164 g/mol. The van der Waals surface area contributed by atoms with Gasteiger partial charge < -0.3 is 16.0 Å². The first kappa shape index (κ1) is 12.2. The van der Waals surface area contributed by atoms with Crippen LogP contribution in [0.2, 0.25) is 0 Å². The molecular formula is C9H22N4. The lowest BCUT2D eigenvalue weighted by Crippen LogP contribution is -2.38. The topological polar surface area (TPSA) is 53.6 Å². The van der Waals surface area contributed by atoms with Crippen molar-refractivity contribution in [3.8, 4) is 0 Å². The standard InChI is InChI=1S/C9H22N4/c1-7(2)12-9(10)11-6-8(3)13(4)5/h7-8H,6H2,1-5H3,(H3,10,11,12). The maximum Gasteiger partial charge on any atom is 0.188 e. The van der Waals surface area contributed by atoms with E-state index in [-0.39, 0.29) is 0 Å². The Morgan fingerprint density at radius 3 is 2.31 bits per heavy atom. The van der Waals surface area contributed by atoms with Crippen LogP contribution in [0.3, 0.4) is 0 Å². The first-order valence-corrected chi connectivity index (χ1v) is 4.66. The second kappa shape index (κ2) is 5.80. The number of likely N-dealkylation sites (N-methyl/N-ethyl adjacent to an activating group) is 1. The van der Waals surface area contributed by atoms with E-state index < -0.39 is 0 Å². The molecule has 0 amide bonds. The highest BCUT2D eigenvalue weighted by Gasteiger charge is 2.03. The Labute approximate surface area is 81.2 Å². The van der Waals surface area contributed by atoms with Gasteiger partial charge in [0.1, 0.15) is 0 Å². The van der Waals surface area contributed by atoms with E-state index in [9.17, 15) is 0 Å². The summed E-state index contributed by atoms with van der Waals surface area (Å²) in [4.78, 5) is 6.34. The summed E-state index contributed by atoms with van der Waals surface area (Å²) in [5, 5.41) is 3.05. The summed E-state index contributed by atoms with van der Waals surface area (Å²) in [7, 11) is 4.07. The Morgan fingerprint density at radius 1 is 1.38 bits per heavy atom. The van der Waals surface area contributed by atoms with Crippen molar-refractivity contribution in [2.24, 2.45) is 10.7 Å². The van der Waals surface area contributed by atoms with Gasteiger partial charge in [0.05, 0.1) is 6.54 Å². The van der Waals surface area contributed by atoms with Crippen LogP contribution in [-0.2, 0) is 0 Å². The molecule has 0 aliphatic carbocycles. The van der Waals surface area contributed by atoms with Gasteiger partial charge >= 0.3 is 0 Å². The van der Waals surface area contributed by atoms with Crippen molar-refractivity contribution in [1.29, 1.82) is 0 Å². The van der Waals surface area contributed by atoms with Gasteiger partial charge in [-0.2, -0.15) is 0 Å². The second-order valence-corrected chi connectivity index (χ2v) is 3.84. The van der Waals surface area contributed by atoms with E-state index >= 15 is 0 Å². The molecule has 0 rings (SSSR count). The lowest BCUT2D eigenvalue weighted by atomic mass is 10.3. The Kier molecular flexibility index (Phi) is 5.46. The highest BCUT2D eigenvalue weighted by atomic mass is 15.1. The minimum Gasteiger partial charge on any atom is -0.370 e. The smallest absolute Gasteiger partial charge is 0.188 e. The molecule has 0 aliphatic heterocycles. The molecule has 4 heteroatoms. The van der Waals surface area contributed by atoms with Crippen LogP contribution in [0.4, 0.5) is 0 Å². The van der Waals surface area contributed by atoms with E-state index in [0.29, 0.717) is 18.0 Å². The first-order valence-electron chi connectivity index (χ1n) is 4.66. The molecule has 78 valence electrons. The highest BCUT2D eigenvalue weighted by Crippen LogP contribution is 1.91. The van der Waals surface area contributed by atoms with Gasteiger partial charge in [-0.1, -0.05) is 0 Å². The van der Waals surface area contributed by atoms with Crippen molar-refractivity contribution >= 4 is 5.96 Å². The number of nitrogens with zero attached hydrogens (tertiary/aromatic N) is 2. The van der Waals surface area contributed by atoms with E-state index in [4.69, 9.17) is 5.73 Å². The van der Waals surface area contributed by atoms with Crippen molar-refractivity contribution in [3.63, 3.8) is 0 Å². The van der Waals surface area contributed by atoms with Gasteiger partial charge in [-0.15, -0.1) is 0 Å². The number of hydrogen-bond acceptors (Lipinski definition) is 2. The lowest BCUT2D eigenvalue weighted by molar-refractivity contribution is 0.320. The van der Waals surface area contributed by atoms with E-state index in [1.54, 1.807) is 0 Å². The summed E-state index contributed by atoms with van der Waals surface area (Å²) in [6, 6.07) is 0.769. The zero-order valence-electron chi connectivity index (χ0n) is 9.33. The maximum atomic E-state index is 5.64. The normalized spacial score (nSPS) is 15.2. The van der Waals surface area contributed by atoms with Gasteiger partial charge in [-0.05, 0) is 34.9 Å². The summed E-state index contributed by atoms with van der Waals surface area (Å²) in [6.45, 7) is 6.93. The van der Waals surface area contributed by atoms with Crippen molar-refractivity contribution in [2.75, 3.05) is 20.6 Å². The fourth-order valence-corrected chi connectivity index (χ4v) is 0.735. The summed E-state index contributed by atoms with van der Waals surface area (Å²) in [6.07, 6.45) is 0. The lowest BCUT2D eigenvalue weighted by Gasteiger charge is -2.17. The molecule has 0 bridgehead atoms. The molecule has 0 heterocycles. The van der Waals surface area contributed by atoms with E-state index in [1.165, 1.54) is 0 Å². The fraction of sp³-hybridized carbons (Fsp3) is 0.889. The largest absolute Gasteiger partial charge is 0.370 e. The highest BCUT2D eigenvalue weighted by molar-refractivity contribution is 5.78. The van der Waals surface area contributed by atoms with Gasteiger partial charge in [0, 0.05) is 12.1 Å². The molecule has 0 aromatic heterocycles. The number of nitrogens with two attached hydrogens (primary N) is 1. The zero-order chi connectivity index (χ0) is 10.4. The van der Waals surface area contributed by atoms with Crippen molar-refractivity contribution in [1.82, 2.24) is 10.2 Å². The van der Waals surface area contributed by atoms with E-state index in [0.717, 1.165) is 6.54 Å². The van der Waals surface area contributed by atoms with Crippen LogP contribution in [0.1, 0.15) is 20.8 Å². The van der Waals surface area contributed by atoms with Crippen molar-refractivity contribution < 1.29 is 0 Å². The fourth-order valence-electron chi connectivity index (χ4n) is 0.735. The van der Waals surface area contributed by atoms with Crippen LogP contribution >= 0.6 is 0 Å². The first-order chi connectivity index (χ1) is 5.93. The Morgan fingerprint density at radius 2 is 1.92 bits per heavy atom. The molecule has 13 heavy (non-hydrogen) atoms. The van der Waals surface area contributed by atoms with Crippen molar-refractivity contribution in [3.05, 3.63) is 0 Å². The third kappa shape index (κ3) is 6.40. The number of hydrogen-bond donors (Lipinski definition) is 2. The molecule has 0 aromatic carbocycles. The molecule has 1 unspecified atom stereocenters. The number of rotatable bonds is 4. The molecule has 0 saturated heterocycles. The monoisotopic (exact) mass is 186 g/mol. The van der Waals surface area contributed by atoms with Crippen LogP contribution in [0.5, 0.6) is 0 Å². The minimum atomic E-state index is 0.346. The number of nitrogens with one attached hydrogen (secondary N) is 1. The molecule has 0 radical (unpaired) electrons. The summed E-state index contributed by atoms with van der Waals surface area (Å²) in [5.74, 6) is 0.531. The predicted molar refractivity (Wildman–Crippen MR) is 57.9 cm³/mol. The average Bonchev–Trinajstić information content (AvgIpc) is 1.98. The SMILES string of the molecule is CC(C)NC(N)=NCC(C)N(C)C. The molecule has 0 aliphatic rings. The molecule has 0 saturated carbocycles. The van der Waals surface area contributed by atoms with Crippen molar-refractivity contribution in [2.45, 2.75) is 32.9 Å². The molecule has 0 fully saturated rings. The number of guanidine groups is 1. The van der Waals surface area contributed by atoms with Crippen LogP contribution in [0.15, 0.2) is 4.99 Å². The predicted octanol–water partition coefficient (Wildman–Crippen LogP) is 0.249. The molecule has 0 aromatic rings. The third-order valence-electron chi connectivity index (χ3n) is 1.84. The van der Waals surface area contributed by atoms with E-state index in [2.05, 4.69) is 22.1 Å². The van der Waals surface area contributed by atoms with E-state index in [1.807, 2.05) is 27.9 Å². The van der Waals surface area contributed by atoms with Gasteiger partial charge in [0.15, 0.2) is 5.96 Å². The number of aliphatic imine (C=N–C) groups is 1. The van der Waals surface area contributed by atoms with Gasteiger partial charge in [0.25, 0.3) is 0 Å². The summed E-state index contributed by atoms with van der Waals surface area (Å²) >= 11 is 0. The van der Waals surface area contributed by atoms with Gasteiger partial charge in [0.2, 0.25) is 0 Å². The third-order valence-corrected chi connectivity index (χ3v) is 1.84. The zero-order valence-corrected chi connectivity index (χ0v) is 9.33. The van der Waals surface area contributed by atoms with Gasteiger partial charge in [-0.3, -0.25) is 4.99 Å². The molecule has 4 nitrogen and oxygen atoms in total. The minimum absolute atomic E-state index is 0.346.